The monoisotopic (exact) mass is 368 g/mol. The second-order valence-electron chi connectivity index (χ2n) is 6.38. The molecule has 2 aromatic heterocycles. The summed E-state index contributed by atoms with van der Waals surface area (Å²) < 4.78 is 26.3. The molecular weight excluding hydrogens is 354 g/mol. The zero-order chi connectivity index (χ0) is 16.1. The van der Waals surface area contributed by atoms with Gasteiger partial charge in [-0.05, 0) is 39.9 Å². The van der Waals surface area contributed by atoms with E-state index in [0.29, 0.717) is 27.7 Å². The zero-order valence-electron chi connectivity index (χ0n) is 12.2. The summed E-state index contributed by atoms with van der Waals surface area (Å²) in [4.78, 5) is 19.3. The molecule has 0 saturated carbocycles. The quantitative estimate of drug-likeness (QED) is 0.816. The van der Waals surface area contributed by atoms with Crippen LogP contribution in [0.3, 0.4) is 0 Å². The number of nitrogens with one attached hydrogen (secondary N) is 1. The van der Waals surface area contributed by atoms with Crippen LogP contribution in [0, 0.1) is 5.41 Å². The van der Waals surface area contributed by atoms with Crippen molar-refractivity contribution >= 4 is 21.7 Å². The molecule has 0 atom stereocenters. The Morgan fingerprint density at radius 1 is 1.36 bits per heavy atom. The van der Waals surface area contributed by atoms with Crippen molar-refractivity contribution in [3.05, 3.63) is 39.8 Å². The highest BCUT2D eigenvalue weighted by molar-refractivity contribution is 9.10. The first-order chi connectivity index (χ1) is 10.3. The van der Waals surface area contributed by atoms with Gasteiger partial charge in [-0.3, -0.25) is 9.78 Å². The fourth-order valence-electron chi connectivity index (χ4n) is 2.94. The number of carbonyl (C=O) groups is 1. The Hall–Kier alpha value is -1.56. The molecule has 0 spiro atoms. The molecule has 1 aliphatic rings. The zero-order valence-corrected chi connectivity index (χ0v) is 13.8. The molecule has 0 aliphatic heterocycles. The van der Waals surface area contributed by atoms with Crippen molar-refractivity contribution in [1.82, 2.24) is 9.97 Å². The van der Waals surface area contributed by atoms with Crippen molar-refractivity contribution in [2.45, 2.75) is 33.1 Å². The summed E-state index contributed by atoms with van der Waals surface area (Å²) >= 11 is 3.45. The van der Waals surface area contributed by atoms with Crippen LogP contribution in [0.5, 0.6) is 0 Å². The van der Waals surface area contributed by atoms with Crippen LogP contribution in [0.1, 0.15) is 48.4 Å². The number of hydrogen-bond acceptors (Lipinski definition) is 2. The summed E-state index contributed by atoms with van der Waals surface area (Å²) in [5.74, 6) is 0.0729. The van der Waals surface area contributed by atoms with Gasteiger partial charge in [0.1, 0.15) is 5.69 Å². The lowest BCUT2D eigenvalue weighted by atomic mass is 9.76. The van der Waals surface area contributed by atoms with Gasteiger partial charge in [0, 0.05) is 23.9 Å². The molecule has 116 valence electrons. The molecule has 0 saturated heterocycles. The fourth-order valence-corrected chi connectivity index (χ4v) is 3.72. The minimum Gasteiger partial charge on any atom is -0.357 e. The van der Waals surface area contributed by atoms with Crippen LogP contribution >= 0.6 is 15.9 Å². The number of Topliss-reactive ketones (excluding diaryl/α,β-unsaturated/α-hetero) is 1. The predicted octanol–water partition coefficient (Wildman–Crippen LogP) is 4.93. The highest BCUT2D eigenvalue weighted by atomic mass is 79.9. The number of ketones is 1. The van der Waals surface area contributed by atoms with E-state index in [4.69, 9.17) is 0 Å². The van der Waals surface area contributed by atoms with E-state index in [2.05, 4.69) is 25.9 Å². The van der Waals surface area contributed by atoms with Gasteiger partial charge < -0.3 is 4.98 Å². The SMILES string of the molecule is CC1(C)CC(=O)c2c([nH]c(-c3ccnc(C(F)F)c3)c2Br)C1. The van der Waals surface area contributed by atoms with E-state index in [-0.39, 0.29) is 16.9 Å². The minimum atomic E-state index is -2.62. The van der Waals surface area contributed by atoms with Gasteiger partial charge in [-0.15, -0.1) is 0 Å². The number of nitrogens with zero attached hydrogens (tertiary/aromatic N) is 1. The summed E-state index contributed by atoms with van der Waals surface area (Å²) in [6.45, 7) is 4.09. The molecule has 0 amide bonds. The third-order valence-electron chi connectivity index (χ3n) is 3.88. The van der Waals surface area contributed by atoms with Gasteiger partial charge in [0.2, 0.25) is 0 Å². The number of fused-ring (bicyclic) bond motifs is 1. The molecule has 0 unspecified atom stereocenters. The van der Waals surface area contributed by atoms with E-state index in [1.54, 1.807) is 6.07 Å². The van der Waals surface area contributed by atoms with Gasteiger partial charge >= 0.3 is 0 Å². The van der Waals surface area contributed by atoms with E-state index in [9.17, 15) is 13.6 Å². The summed E-state index contributed by atoms with van der Waals surface area (Å²) in [7, 11) is 0. The fraction of sp³-hybridized carbons (Fsp3) is 0.375. The molecule has 22 heavy (non-hydrogen) atoms. The summed E-state index contributed by atoms with van der Waals surface area (Å²) in [5.41, 5.74) is 2.38. The van der Waals surface area contributed by atoms with Crippen LogP contribution < -0.4 is 0 Å². The van der Waals surface area contributed by atoms with Crippen LogP contribution in [0.15, 0.2) is 22.8 Å². The highest BCUT2D eigenvalue weighted by Crippen LogP contribution is 2.42. The molecule has 0 radical (unpaired) electrons. The summed E-state index contributed by atoms with van der Waals surface area (Å²) in [6.07, 6.45) is -0.0353. The average molecular weight is 369 g/mol. The molecule has 1 N–H and O–H groups in total. The lowest BCUT2D eigenvalue weighted by molar-refractivity contribution is 0.0911. The Labute approximate surface area is 135 Å². The molecule has 3 rings (SSSR count). The lowest BCUT2D eigenvalue weighted by Crippen LogP contribution is -2.26. The Morgan fingerprint density at radius 2 is 2.09 bits per heavy atom. The van der Waals surface area contributed by atoms with Gasteiger partial charge in [-0.2, -0.15) is 0 Å². The maximum Gasteiger partial charge on any atom is 0.280 e. The molecule has 3 nitrogen and oxygen atoms in total. The van der Waals surface area contributed by atoms with Crippen molar-refractivity contribution in [2.75, 3.05) is 0 Å². The molecule has 1 aliphatic carbocycles. The smallest absolute Gasteiger partial charge is 0.280 e. The van der Waals surface area contributed by atoms with Crippen molar-refractivity contribution in [1.29, 1.82) is 0 Å². The number of hydrogen-bond donors (Lipinski definition) is 1. The van der Waals surface area contributed by atoms with Crippen molar-refractivity contribution in [2.24, 2.45) is 5.41 Å². The second kappa shape index (κ2) is 5.26. The number of aromatic amines is 1. The van der Waals surface area contributed by atoms with Crippen molar-refractivity contribution in [3.63, 3.8) is 0 Å². The normalized spacial score (nSPS) is 16.9. The third-order valence-corrected chi connectivity index (χ3v) is 4.68. The molecule has 0 aromatic carbocycles. The number of rotatable bonds is 2. The van der Waals surface area contributed by atoms with Crippen LogP contribution in [-0.4, -0.2) is 15.8 Å². The first kappa shape index (κ1) is 15.3. The van der Waals surface area contributed by atoms with Gasteiger partial charge in [0.05, 0.1) is 15.7 Å². The number of carbonyl (C=O) groups excluding carboxylic acids is 1. The molecular formula is C16H15BrF2N2O. The Morgan fingerprint density at radius 3 is 2.77 bits per heavy atom. The van der Waals surface area contributed by atoms with E-state index >= 15 is 0 Å². The third kappa shape index (κ3) is 2.60. The minimum absolute atomic E-state index is 0.0729. The summed E-state index contributed by atoms with van der Waals surface area (Å²) in [5, 5.41) is 0. The van der Waals surface area contributed by atoms with Crippen LogP contribution in [-0.2, 0) is 6.42 Å². The van der Waals surface area contributed by atoms with Crippen molar-refractivity contribution < 1.29 is 13.6 Å². The molecule has 6 heteroatoms. The maximum absolute atomic E-state index is 12.8. The average Bonchev–Trinajstić information content (AvgIpc) is 2.74. The van der Waals surface area contributed by atoms with Crippen molar-refractivity contribution in [3.8, 4) is 11.3 Å². The second-order valence-corrected chi connectivity index (χ2v) is 7.17. The van der Waals surface area contributed by atoms with Gasteiger partial charge in [0.15, 0.2) is 5.78 Å². The molecule has 2 aromatic rings. The first-order valence-electron chi connectivity index (χ1n) is 6.96. The van der Waals surface area contributed by atoms with E-state index < -0.39 is 6.43 Å². The van der Waals surface area contributed by atoms with E-state index in [0.717, 1.165) is 12.1 Å². The number of aromatic nitrogens is 2. The first-order valence-corrected chi connectivity index (χ1v) is 7.76. The van der Waals surface area contributed by atoms with Gasteiger partial charge in [-0.1, -0.05) is 13.8 Å². The molecule has 0 fully saturated rings. The highest BCUT2D eigenvalue weighted by Gasteiger charge is 2.35. The van der Waals surface area contributed by atoms with E-state index in [1.165, 1.54) is 12.3 Å². The topological polar surface area (TPSA) is 45.8 Å². The van der Waals surface area contributed by atoms with Gasteiger partial charge in [0.25, 0.3) is 6.43 Å². The van der Waals surface area contributed by atoms with Crippen LogP contribution in [0.25, 0.3) is 11.3 Å². The Bertz CT molecular complexity index is 753. The molecule has 0 bridgehead atoms. The summed E-state index contributed by atoms with van der Waals surface area (Å²) in [6, 6.07) is 3.01. The van der Waals surface area contributed by atoms with Gasteiger partial charge in [-0.25, -0.2) is 8.78 Å². The van der Waals surface area contributed by atoms with Crippen LogP contribution in [0.4, 0.5) is 8.78 Å². The Kier molecular flexibility index (Phi) is 3.67. The largest absolute Gasteiger partial charge is 0.357 e. The standard InChI is InChI=1S/C16H15BrF2N2O/c1-16(2)6-10-12(11(22)7-16)13(17)14(21-10)8-3-4-20-9(5-8)15(18)19/h3-5,15,21H,6-7H2,1-2H3. The number of pyridine rings is 1. The number of H-pyrrole nitrogens is 1. The number of alkyl halides is 2. The number of halogens is 3. The predicted molar refractivity (Wildman–Crippen MR) is 83.1 cm³/mol. The van der Waals surface area contributed by atoms with E-state index in [1.807, 2.05) is 13.8 Å². The lowest BCUT2D eigenvalue weighted by Gasteiger charge is -2.28. The molecule has 2 heterocycles. The Balaban J connectivity index is 2.11. The van der Waals surface area contributed by atoms with Crippen LogP contribution in [0.2, 0.25) is 0 Å². The maximum atomic E-state index is 12.8.